The SMILES string of the molecule is CC1(F)CCCc2onc(CO)c21. The van der Waals surface area contributed by atoms with Crippen LogP contribution >= 0.6 is 0 Å². The van der Waals surface area contributed by atoms with E-state index in [2.05, 4.69) is 5.16 Å². The summed E-state index contributed by atoms with van der Waals surface area (Å²) in [5.74, 6) is 0.598. The van der Waals surface area contributed by atoms with Gasteiger partial charge in [0, 0.05) is 6.42 Å². The van der Waals surface area contributed by atoms with E-state index in [1.54, 1.807) is 0 Å². The molecule has 1 aliphatic rings. The van der Waals surface area contributed by atoms with Gasteiger partial charge >= 0.3 is 0 Å². The van der Waals surface area contributed by atoms with Crippen LogP contribution in [0.25, 0.3) is 0 Å². The molecule has 0 amide bonds. The number of fused-ring (bicyclic) bond motifs is 1. The van der Waals surface area contributed by atoms with Crippen molar-refractivity contribution in [1.82, 2.24) is 5.16 Å². The van der Waals surface area contributed by atoms with Crippen LogP contribution in [0.3, 0.4) is 0 Å². The summed E-state index contributed by atoms with van der Waals surface area (Å²) in [7, 11) is 0. The molecule has 72 valence electrons. The van der Waals surface area contributed by atoms with Gasteiger partial charge in [0.15, 0.2) is 0 Å². The van der Waals surface area contributed by atoms with Crippen LogP contribution in [0, 0.1) is 0 Å². The third-order valence-corrected chi connectivity index (χ3v) is 2.55. The normalized spacial score (nSPS) is 27.3. The van der Waals surface area contributed by atoms with Gasteiger partial charge in [-0.2, -0.15) is 0 Å². The van der Waals surface area contributed by atoms with Gasteiger partial charge in [-0.25, -0.2) is 4.39 Å². The number of hydrogen-bond donors (Lipinski definition) is 1. The van der Waals surface area contributed by atoms with E-state index in [9.17, 15) is 4.39 Å². The summed E-state index contributed by atoms with van der Waals surface area (Å²) in [6.07, 6.45) is 1.98. The average Bonchev–Trinajstić information content (AvgIpc) is 2.48. The summed E-state index contributed by atoms with van der Waals surface area (Å²) in [6, 6.07) is 0. The number of halogens is 1. The van der Waals surface area contributed by atoms with Gasteiger partial charge in [-0.15, -0.1) is 0 Å². The maximum Gasteiger partial charge on any atom is 0.143 e. The molecule has 13 heavy (non-hydrogen) atoms. The van der Waals surface area contributed by atoms with Crippen molar-refractivity contribution in [2.45, 2.75) is 38.5 Å². The smallest absolute Gasteiger partial charge is 0.143 e. The van der Waals surface area contributed by atoms with E-state index in [0.29, 0.717) is 23.4 Å². The molecule has 0 saturated heterocycles. The number of alkyl halides is 1. The molecule has 0 aliphatic heterocycles. The highest BCUT2D eigenvalue weighted by Crippen LogP contribution is 2.40. The van der Waals surface area contributed by atoms with Gasteiger partial charge < -0.3 is 9.63 Å². The Morgan fingerprint density at radius 2 is 2.46 bits per heavy atom. The molecule has 1 heterocycles. The minimum absolute atomic E-state index is 0.252. The summed E-state index contributed by atoms with van der Waals surface area (Å²) >= 11 is 0. The molecule has 1 N–H and O–H groups in total. The predicted octanol–water partition coefficient (Wildman–Crippen LogP) is 1.69. The third-order valence-electron chi connectivity index (χ3n) is 2.55. The van der Waals surface area contributed by atoms with E-state index in [-0.39, 0.29) is 6.61 Å². The zero-order chi connectivity index (χ0) is 9.47. The molecule has 0 bridgehead atoms. The van der Waals surface area contributed by atoms with Crippen LogP contribution in [0.4, 0.5) is 4.39 Å². The lowest BCUT2D eigenvalue weighted by atomic mass is 9.84. The fourth-order valence-corrected chi connectivity index (χ4v) is 1.94. The first-order valence-electron chi connectivity index (χ1n) is 4.43. The van der Waals surface area contributed by atoms with Crippen molar-refractivity contribution < 1.29 is 14.0 Å². The first kappa shape index (κ1) is 8.69. The third kappa shape index (κ3) is 1.25. The second-order valence-corrected chi connectivity index (χ2v) is 3.64. The van der Waals surface area contributed by atoms with Crippen molar-refractivity contribution in [3.05, 3.63) is 17.0 Å². The van der Waals surface area contributed by atoms with E-state index in [1.807, 2.05) is 0 Å². The Morgan fingerprint density at radius 3 is 3.15 bits per heavy atom. The zero-order valence-corrected chi connectivity index (χ0v) is 7.51. The molecule has 1 unspecified atom stereocenters. The van der Waals surface area contributed by atoms with Crippen LogP contribution < -0.4 is 0 Å². The number of aliphatic hydroxyl groups excluding tert-OH is 1. The van der Waals surface area contributed by atoms with Crippen LogP contribution in [0.15, 0.2) is 4.52 Å². The molecule has 0 spiro atoms. The number of rotatable bonds is 1. The first-order chi connectivity index (χ1) is 6.15. The van der Waals surface area contributed by atoms with E-state index in [4.69, 9.17) is 9.63 Å². The highest BCUT2D eigenvalue weighted by molar-refractivity contribution is 5.31. The first-order valence-corrected chi connectivity index (χ1v) is 4.43. The van der Waals surface area contributed by atoms with Crippen molar-refractivity contribution in [2.75, 3.05) is 0 Å². The van der Waals surface area contributed by atoms with Gasteiger partial charge in [0.05, 0.1) is 12.2 Å². The van der Waals surface area contributed by atoms with E-state index >= 15 is 0 Å². The van der Waals surface area contributed by atoms with Gasteiger partial charge in [0.25, 0.3) is 0 Å². The van der Waals surface area contributed by atoms with Crippen LogP contribution in [0.1, 0.15) is 36.8 Å². The fourth-order valence-electron chi connectivity index (χ4n) is 1.94. The maximum atomic E-state index is 13.9. The second kappa shape index (κ2) is 2.80. The summed E-state index contributed by atoms with van der Waals surface area (Å²) in [5, 5.41) is 12.6. The number of nitrogens with zero attached hydrogens (tertiary/aromatic N) is 1. The molecule has 1 aromatic heterocycles. The summed E-state index contributed by atoms with van der Waals surface area (Å²) in [5.41, 5.74) is -0.563. The van der Waals surface area contributed by atoms with Gasteiger partial charge in [-0.05, 0) is 19.8 Å². The summed E-state index contributed by atoms with van der Waals surface area (Å²) in [4.78, 5) is 0. The van der Waals surface area contributed by atoms with E-state index in [0.717, 1.165) is 12.8 Å². The number of aryl methyl sites for hydroxylation is 1. The molecule has 1 aliphatic carbocycles. The van der Waals surface area contributed by atoms with Gasteiger partial charge in [0.1, 0.15) is 17.1 Å². The highest BCUT2D eigenvalue weighted by atomic mass is 19.1. The Kier molecular flexibility index (Phi) is 1.87. The molecule has 1 atom stereocenters. The van der Waals surface area contributed by atoms with Crippen molar-refractivity contribution in [3.63, 3.8) is 0 Å². The van der Waals surface area contributed by atoms with Gasteiger partial charge in [0.2, 0.25) is 0 Å². The Balaban J connectivity index is 2.52. The molecule has 0 saturated carbocycles. The maximum absolute atomic E-state index is 13.9. The molecule has 0 aromatic carbocycles. The number of hydrogen-bond acceptors (Lipinski definition) is 3. The van der Waals surface area contributed by atoms with Crippen molar-refractivity contribution in [2.24, 2.45) is 0 Å². The van der Waals surface area contributed by atoms with Gasteiger partial charge in [-0.3, -0.25) is 0 Å². The fraction of sp³-hybridized carbons (Fsp3) is 0.667. The van der Waals surface area contributed by atoms with Crippen LogP contribution in [-0.4, -0.2) is 10.3 Å². The number of aromatic nitrogens is 1. The van der Waals surface area contributed by atoms with E-state index < -0.39 is 5.67 Å². The second-order valence-electron chi connectivity index (χ2n) is 3.64. The van der Waals surface area contributed by atoms with Crippen LogP contribution in [-0.2, 0) is 18.7 Å². The van der Waals surface area contributed by atoms with Crippen LogP contribution in [0.2, 0.25) is 0 Å². The quantitative estimate of drug-likeness (QED) is 0.724. The zero-order valence-electron chi connectivity index (χ0n) is 7.51. The van der Waals surface area contributed by atoms with Gasteiger partial charge in [-0.1, -0.05) is 5.16 Å². The molecule has 0 fully saturated rings. The van der Waals surface area contributed by atoms with Crippen molar-refractivity contribution in [1.29, 1.82) is 0 Å². The lowest BCUT2D eigenvalue weighted by Crippen LogP contribution is -2.22. The Bertz CT molecular complexity index is 306. The minimum atomic E-state index is -1.38. The predicted molar refractivity (Wildman–Crippen MR) is 43.8 cm³/mol. The lowest BCUT2D eigenvalue weighted by Gasteiger charge is -2.24. The topological polar surface area (TPSA) is 46.3 Å². The monoisotopic (exact) mass is 185 g/mol. The molecule has 2 rings (SSSR count). The Labute approximate surface area is 75.5 Å². The molecule has 0 radical (unpaired) electrons. The molecular weight excluding hydrogens is 173 g/mol. The number of aliphatic hydroxyl groups is 1. The molecule has 4 heteroatoms. The van der Waals surface area contributed by atoms with Crippen molar-refractivity contribution in [3.8, 4) is 0 Å². The standard InChI is InChI=1S/C9H12FNO2/c1-9(10)4-2-3-7-8(9)6(5-12)11-13-7/h12H,2-5H2,1H3. The van der Waals surface area contributed by atoms with Crippen molar-refractivity contribution >= 4 is 0 Å². The molecular formula is C9H12FNO2. The van der Waals surface area contributed by atoms with Crippen LogP contribution in [0.5, 0.6) is 0 Å². The Morgan fingerprint density at radius 1 is 1.69 bits per heavy atom. The molecule has 1 aromatic rings. The summed E-state index contributed by atoms with van der Waals surface area (Å²) < 4.78 is 18.9. The summed E-state index contributed by atoms with van der Waals surface area (Å²) in [6.45, 7) is 1.26. The minimum Gasteiger partial charge on any atom is -0.390 e. The average molecular weight is 185 g/mol. The Hall–Kier alpha value is -0.900. The highest BCUT2D eigenvalue weighted by Gasteiger charge is 2.37. The largest absolute Gasteiger partial charge is 0.390 e. The van der Waals surface area contributed by atoms with E-state index in [1.165, 1.54) is 6.92 Å². The molecule has 3 nitrogen and oxygen atoms in total. The lowest BCUT2D eigenvalue weighted by molar-refractivity contribution is 0.152.